The number of hydrogen-bond donors (Lipinski definition) is 3. The normalized spacial score (nSPS) is 21.1. The van der Waals surface area contributed by atoms with Gasteiger partial charge in [-0.15, -0.1) is 10.2 Å². The van der Waals surface area contributed by atoms with Crippen molar-refractivity contribution in [1.82, 2.24) is 20.1 Å². The van der Waals surface area contributed by atoms with E-state index in [9.17, 15) is 27.9 Å². The van der Waals surface area contributed by atoms with E-state index < -0.39 is 52.4 Å². The van der Waals surface area contributed by atoms with Crippen molar-refractivity contribution in [2.75, 3.05) is 18.4 Å². The standard InChI is InChI=1S/C23H18ClF4N5O4/c24-13-7-8-14-15(16(13)25)21(37-20(35)29-14)9-4-10-33(11-21)18(34)17-30-19(32-31-17)22(36,23(26,27)28)12-5-2-1-3-6-12/h1-3,5-8,36H,4,9-11H2,(H,29,35)(H,30,31,32)/t21-,22+/m0/s1. The Balaban J connectivity index is 1.48. The van der Waals surface area contributed by atoms with E-state index in [4.69, 9.17) is 16.3 Å². The molecular formula is C23H18ClF4N5O4. The van der Waals surface area contributed by atoms with Gasteiger partial charge in [-0.3, -0.25) is 10.1 Å². The summed E-state index contributed by atoms with van der Waals surface area (Å²) in [5.74, 6) is -3.29. The molecule has 1 fully saturated rings. The number of aliphatic hydroxyl groups is 1. The summed E-state index contributed by atoms with van der Waals surface area (Å²) >= 11 is 5.95. The van der Waals surface area contributed by atoms with Crippen molar-refractivity contribution < 1.29 is 37.0 Å². The number of hydrogen-bond acceptors (Lipinski definition) is 6. The maximum atomic E-state index is 15.1. The molecule has 9 nitrogen and oxygen atoms in total. The maximum absolute atomic E-state index is 15.1. The first-order valence-electron chi connectivity index (χ1n) is 11.0. The molecule has 3 heterocycles. The molecule has 1 aromatic heterocycles. The van der Waals surface area contributed by atoms with Gasteiger partial charge in [-0.05, 0) is 25.0 Å². The number of carbonyl (C=O) groups excluding carboxylic acids is 2. The van der Waals surface area contributed by atoms with E-state index in [2.05, 4.69) is 20.5 Å². The zero-order chi connectivity index (χ0) is 26.6. The molecule has 0 unspecified atom stereocenters. The number of anilines is 1. The largest absolute Gasteiger partial charge is 0.436 e. The van der Waals surface area contributed by atoms with Gasteiger partial charge in [0.1, 0.15) is 0 Å². The first-order chi connectivity index (χ1) is 17.5. The first kappa shape index (κ1) is 25.0. The number of piperidine rings is 1. The summed E-state index contributed by atoms with van der Waals surface area (Å²) in [5.41, 5.74) is -5.58. The fraction of sp³-hybridized carbons (Fsp3) is 0.304. The lowest BCUT2D eigenvalue weighted by molar-refractivity contribution is -0.251. The van der Waals surface area contributed by atoms with Crippen LogP contribution < -0.4 is 5.32 Å². The van der Waals surface area contributed by atoms with Crippen molar-refractivity contribution in [2.24, 2.45) is 0 Å². The Bertz CT molecular complexity index is 1390. The fourth-order valence-electron chi connectivity index (χ4n) is 4.73. The minimum Gasteiger partial charge on any atom is -0.436 e. The predicted molar refractivity (Wildman–Crippen MR) is 120 cm³/mol. The Morgan fingerprint density at radius 3 is 2.59 bits per heavy atom. The minimum absolute atomic E-state index is 0.0362. The zero-order valence-electron chi connectivity index (χ0n) is 18.8. The molecule has 0 radical (unpaired) electrons. The van der Waals surface area contributed by atoms with E-state index in [1.165, 1.54) is 30.3 Å². The third-order valence-electron chi connectivity index (χ3n) is 6.45. The lowest BCUT2D eigenvalue weighted by Gasteiger charge is -2.44. The summed E-state index contributed by atoms with van der Waals surface area (Å²) in [5, 5.41) is 19.8. The molecule has 2 aliphatic heterocycles. The second-order valence-electron chi connectivity index (χ2n) is 8.72. The number of halogens is 5. The lowest BCUT2D eigenvalue weighted by atomic mass is 9.83. The average Bonchev–Trinajstić information content (AvgIpc) is 3.35. The molecule has 2 atom stereocenters. The number of H-pyrrole nitrogens is 1. The molecule has 2 aliphatic rings. The van der Waals surface area contributed by atoms with Crippen molar-refractivity contribution >= 4 is 29.3 Å². The minimum atomic E-state index is -5.20. The monoisotopic (exact) mass is 539 g/mol. The van der Waals surface area contributed by atoms with Gasteiger partial charge in [0.15, 0.2) is 17.2 Å². The Morgan fingerprint density at radius 1 is 1.16 bits per heavy atom. The Kier molecular flexibility index (Phi) is 5.87. The van der Waals surface area contributed by atoms with E-state index in [-0.39, 0.29) is 42.2 Å². The van der Waals surface area contributed by atoms with E-state index >= 15 is 4.39 Å². The number of fused-ring (bicyclic) bond motifs is 2. The molecule has 1 spiro atoms. The molecule has 2 amide bonds. The van der Waals surface area contributed by atoms with Gasteiger partial charge < -0.3 is 19.7 Å². The van der Waals surface area contributed by atoms with Crippen LogP contribution >= 0.6 is 11.6 Å². The number of aromatic amines is 1. The number of nitrogens with one attached hydrogen (secondary N) is 2. The molecule has 2 aromatic carbocycles. The predicted octanol–water partition coefficient (Wildman–Crippen LogP) is 4.09. The second-order valence-corrected chi connectivity index (χ2v) is 9.13. The van der Waals surface area contributed by atoms with Crippen LogP contribution in [0, 0.1) is 5.82 Å². The molecule has 1 saturated heterocycles. The van der Waals surface area contributed by atoms with Crippen molar-refractivity contribution in [2.45, 2.75) is 30.2 Å². The first-order valence-corrected chi connectivity index (χ1v) is 11.4. The summed E-state index contributed by atoms with van der Waals surface area (Å²) in [6.45, 7) is -0.205. The summed E-state index contributed by atoms with van der Waals surface area (Å²) in [6, 6.07) is 8.91. The number of benzene rings is 2. The van der Waals surface area contributed by atoms with Crippen LogP contribution in [0.4, 0.5) is 28.0 Å². The zero-order valence-corrected chi connectivity index (χ0v) is 19.5. The highest BCUT2D eigenvalue weighted by Crippen LogP contribution is 2.46. The van der Waals surface area contributed by atoms with Gasteiger partial charge in [0.25, 0.3) is 5.91 Å². The third-order valence-corrected chi connectivity index (χ3v) is 6.74. The number of ether oxygens (including phenoxy) is 1. The van der Waals surface area contributed by atoms with Crippen molar-refractivity contribution in [1.29, 1.82) is 0 Å². The smallest absolute Gasteiger partial charge is 0.428 e. The summed E-state index contributed by atoms with van der Waals surface area (Å²) in [6.07, 6.45) is -5.63. The summed E-state index contributed by atoms with van der Waals surface area (Å²) < 4.78 is 62.5. The van der Waals surface area contributed by atoms with Crippen LogP contribution in [0.1, 0.15) is 40.4 Å². The molecule has 0 aliphatic carbocycles. The van der Waals surface area contributed by atoms with Gasteiger partial charge in [-0.2, -0.15) is 13.2 Å². The highest BCUT2D eigenvalue weighted by atomic mass is 35.5. The molecule has 0 saturated carbocycles. The number of nitrogens with zero attached hydrogens (tertiary/aromatic N) is 3. The molecule has 3 aromatic rings. The van der Waals surface area contributed by atoms with Crippen molar-refractivity contribution in [3.05, 3.63) is 76.1 Å². The van der Waals surface area contributed by atoms with Crippen LogP contribution in [0.25, 0.3) is 0 Å². The number of rotatable bonds is 3. The van der Waals surface area contributed by atoms with Crippen molar-refractivity contribution in [3.63, 3.8) is 0 Å². The van der Waals surface area contributed by atoms with Gasteiger partial charge in [0.2, 0.25) is 11.4 Å². The molecule has 194 valence electrons. The lowest BCUT2D eigenvalue weighted by Crippen LogP contribution is -2.53. The van der Waals surface area contributed by atoms with E-state index in [1.807, 2.05) is 0 Å². The van der Waals surface area contributed by atoms with Gasteiger partial charge in [-0.1, -0.05) is 41.9 Å². The van der Waals surface area contributed by atoms with Gasteiger partial charge in [-0.25, -0.2) is 9.18 Å². The highest BCUT2D eigenvalue weighted by molar-refractivity contribution is 6.31. The Morgan fingerprint density at radius 2 is 1.89 bits per heavy atom. The number of likely N-dealkylation sites (tertiary alicyclic amines) is 1. The number of alkyl halides is 3. The SMILES string of the molecule is O=C1Nc2ccc(Cl)c(F)c2[C@@]2(CCCN(C(=O)c3nnc([C@](O)(c4ccccc4)C(F)(F)F)[nH]3)C2)O1. The van der Waals surface area contributed by atoms with Gasteiger partial charge in [0, 0.05) is 12.1 Å². The van der Waals surface area contributed by atoms with Crippen molar-refractivity contribution in [3.8, 4) is 0 Å². The molecule has 3 N–H and O–H groups in total. The third kappa shape index (κ3) is 3.98. The average molecular weight is 540 g/mol. The Labute approximate surface area is 211 Å². The highest BCUT2D eigenvalue weighted by Gasteiger charge is 2.59. The van der Waals surface area contributed by atoms with Crippen LogP contribution in [0.2, 0.25) is 5.02 Å². The molecule has 37 heavy (non-hydrogen) atoms. The maximum Gasteiger partial charge on any atom is 0.428 e. The number of carbonyl (C=O) groups is 2. The van der Waals surface area contributed by atoms with E-state index in [0.717, 1.165) is 17.0 Å². The van der Waals surface area contributed by atoms with Crippen LogP contribution in [-0.2, 0) is 15.9 Å². The fourth-order valence-corrected chi connectivity index (χ4v) is 4.89. The number of aromatic nitrogens is 3. The topological polar surface area (TPSA) is 120 Å². The van der Waals surface area contributed by atoms with Crippen LogP contribution in [0.3, 0.4) is 0 Å². The second kappa shape index (κ2) is 8.70. The Hall–Kier alpha value is -3.71. The molecular weight excluding hydrogens is 522 g/mol. The number of amides is 2. The summed E-state index contributed by atoms with van der Waals surface area (Å²) in [7, 11) is 0. The van der Waals surface area contributed by atoms with Gasteiger partial charge >= 0.3 is 12.3 Å². The quantitative estimate of drug-likeness (QED) is 0.431. The molecule has 14 heteroatoms. The van der Waals surface area contributed by atoms with Crippen LogP contribution in [0.5, 0.6) is 0 Å². The molecule has 0 bridgehead atoms. The van der Waals surface area contributed by atoms with E-state index in [1.54, 1.807) is 0 Å². The van der Waals surface area contributed by atoms with Crippen LogP contribution in [-0.4, -0.2) is 56.5 Å². The summed E-state index contributed by atoms with van der Waals surface area (Å²) in [4.78, 5) is 28.8. The van der Waals surface area contributed by atoms with Crippen LogP contribution in [0.15, 0.2) is 42.5 Å². The van der Waals surface area contributed by atoms with E-state index in [0.29, 0.717) is 0 Å². The molecule has 5 rings (SSSR count). The van der Waals surface area contributed by atoms with Gasteiger partial charge in [0.05, 0.1) is 22.8 Å².